The van der Waals surface area contributed by atoms with Crippen molar-refractivity contribution in [1.82, 2.24) is 4.98 Å². The van der Waals surface area contributed by atoms with Crippen molar-refractivity contribution in [3.8, 4) is 11.5 Å². The quantitative estimate of drug-likeness (QED) is 0.681. The molecule has 0 saturated heterocycles. The van der Waals surface area contributed by atoms with Crippen LogP contribution in [0.15, 0.2) is 60.7 Å². The average Bonchev–Trinajstić information content (AvgIpc) is 2.73. The number of primary amides is 1. The van der Waals surface area contributed by atoms with Crippen molar-refractivity contribution in [2.24, 2.45) is 5.73 Å². The zero-order valence-corrected chi connectivity index (χ0v) is 15.8. The maximum atomic E-state index is 12.7. The lowest BCUT2D eigenvalue weighted by molar-refractivity contribution is -0.137. The first kappa shape index (κ1) is 19.8. The SMILES string of the molecule is NC(=O)c1cccc(N2CCc3ccc(Oc4ccc(C(F)(F)F)cc4)cc3C2)n1. The molecule has 1 aliphatic heterocycles. The smallest absolute Gasteiger partial charge is 0.416 e. The number of hydrogen-bond donors (Lipinski definition) is 1. The Morgan fingerprint density at radius 2 is 1.73 bits per heavy atom. The highest BCUT2D eigenvalue weighted by atomic mass is 19.4. The Balaban J connectivity index is 1.52. The van der Waals surface area contributed by atoms with E-state index in [0.717, 1.165) is 36.2 Å². The van der Waals surface area contributed by atoms with Crippen LogP contribution in [0, 0.1) is 0 Å². The molecular weight excluding hydrogens is 395 g/mol. The lowest BCUT2D eigenvalue weighted by atomic mass is 9.99. The number of benzene rings is 2. The predicted octanol–water partition coefficient (Wildman–Crippen LogP) is 4.55. The minimum atomic E-state index is -4.38. The molecule has 0 bridgehead atoms. The second-order valence-electron chi connectivity index (χ2n) is 6.97. The second-order valence-corrected chi connectivity index (χ2v) is 6.97. The van der Waals surface area contributed by atoms with Crippen molar-refractivity contribution < 1.29 is 22.7 Å². The topological polar surface area (TPSA) is 68.5 Å². The van der Waals surface area contributed by atoms with E-state index >= 15 is 0 Å². The van der Waals surface area contributed by atoms with Gasteiger partial charge in [-0.05, 0) is 66.1 Å². The molecule has 5 nitrogen and oxygen atoms in total. The molecule has 2 N–H and O–H groups in total. The van der Waals surface area contributed by atoms with Crippen LogP contribution in [0.25, 0.3) is 0 Å². The fourth-order valence-corrected chi connectivity index (χ4v) is 3.38. The van der Waals surface area contributed by atoms with Gasteiger partial charge >= 0.3 is 6.18 Å². The van der Waals surface area contributed by atoms with Crippen LogP contribution in [0.5, 0.6) is 11.5 Å². The van der Waals surface area contributed by atoms with Crippen LogP contribution >= 0.6 is 0 Å². The molecule has 3 aromatic rings. The Morgan fingerprint density at radius 3 is 2.43 bits per heavy atom. The van der Waals surface area contributed by atoms with Crippen molar-refractivity contribution in [1.29, 1.82) is 0 Å². The van der Waals surface area contributed by atoms with E-state index in [2.05, 4.69) is 4.98 Å². The third-order valence-corrected chi connectivity index (χ3v) is 4.92. The fourth-order valence-electron chi connectivity index (χ4n) is 3.38. The number of pyridine rings is 1. The Morgan fingerprint density at radius 1 is 1.00 bits per heavy atom. The Bertz CT molecular complexity index is 1080. The highest BCUT2D eigenvalue weighted by Gasteiger charge is 2.30. The minimum Gasteiger partial charge on any atom is -0.457 e. The summed E-state index contributed by atoms with van der Waals surface area (Å²) < 4.78 is 43.9. The molecule has 0 unspecified atom stereocenters. The summed E-state index contributed by atoms with van der Waals surface area (Å²) in [7, 11) is 0. The van der Waals surface area contributed by atoms with Gasteiger partial charge in [-0.1, -0.05) is 12.1 Å². The zero-order chi connectivity index (χ0) is 21.3. The van der Waals surface area contributed by atoms with Gasteiger partial charge in [-0.2, -0.15) is 13.2 Å². The Hall–Kier alpha value is -3.55. The maximum absolute atomic E-state index is 12.7. The number of aromatic nitrogens is 1. The molecule has 1 aromatic heterocycles. The van der Waals surface area contributed by atoms with E-state index in [-0.39, 0.29) is 5.69 Å². The van der Waals surface area contributed by atoms with E-state index in [1.54, 1.807) is 18.2 Å². The number of alkyl halides is 3. The fraction of sp³-hybridized carbons (Fsp3) is 0.182. The van der Waals surface area contributed by atoms with Crippen molar-refractivity contribution in [2.75, 3.05) is 11.4 Å². The summed E-state index contributed by atoms with van der Waals surface area (Å²) in [5, 5.41) is 0. The lowest BCUT2D eigenvalue weighted by Crippen LogP contribution is -2.31. The highest BCUT2D eigenvalue weighted by molar-refractivity contribution is 5.91. The normalized spacial score (nSPS) is 13.6. The summed E-state index contributed by atoms with van der Waals surface area (Å²) >= 11 is 0. The van der Waals surface area contributed by atoms with Gasteiger partial charge in [0.2, 0.25) is 0 Å². The van der Waals surface area contributed by atoms with Gasteiger partial charge in [0, 0.05) is 13.1 Å². The molecule has 2 aromatic carbocycles. The summed E-state index contributed by atoms with van der Waals surface area (Å²) in [5.74, 6) is 0.938. The van der Waals surface area contributed by atoms with Crippen molar-refractivity contribution in [3.63, 3.8) is 0 Å². The summed E-state index contributed by atoms with van der Waals surface area (Å²) in [6, 6.07) is 15.3. The predicted molar refractivity (Wildman–Crippen MR) is 105 cm³/mol. The molecule has 4 rings (SSSR count). The highest BCUT2D eigenvalue weighted by Crippen LogP contribution is 2.32. The molecule has 0 fully saturated rings. The molecule has 8 heteroatoms. The zero-order valence-electron chi connectivity index (χ0n) is 15.8. The summed E-state index contributed by atoms with van der Waals surface area (Å²) in [6.45, 7) is 1.30. The molecule has 0 spiro atoms. The molecule has 1 aliphatic rings. The molecule has 0 atom stereocenters. The van der Waals surface area contributed by atoms with Crippen LogP contribution in [0.2, 0.25) is 0 Å². The number of ether oxygens (including phenoxy) is 1. The molecule has 154 valence electrons. The van der Waals surface area contributed by atoms with Crippen molar-refractivity contribution in [3.05, 3.63) is 83.0 Å². The first-order chi connectivity index (χ1) is 14.3. The molecule has 0 saturated carbocycles. The van der Waals surface area contributed by atoms with E-state index < -0.39 is 17.6 Å². The number of amides is 1. The van der Waals surface area contributed by atoms with Crippen LogP contribution in [0.3, 0.4) is 0 Å². The number of fused-ring (bicyclic) bond motifs is 1. The van der Waals surface area contributed by atoms with Crippen molar-refractivity contribution >= 4 is 11.7 Å². The van der Waals surface area contributed by atoms with Gasteiger partial charge in [0.1, 0.15) is 23.0 Å². The van der Waals surface area contributed by atoms with E-state index in [4.69, 9.17) is 10.5 Å². The number of anilines is 1. The molecule has 2 heterocycles. The van der Waals surface area contributed by atoms with Crippen LogP contribution < -0.4 is 15.4 Å². The van der Waals surface area contributed by atoms with Gasteiger partial charge in [0.15, 0.2) is 0 Å². The van der Waals surface area contributed by atoms with Crippen LogP contribution in [-0.2, 0) is 19.1 Å². The van der Waals surface area contributed by atoms with E-state index in [1.165, 1.54) is 12.1 Å². The lowest BCUT2D eigenvalue weighted by Gasteiger charge is -2.30. The number of nitrogens with zero attached hydrogens (tertiary/aromatic N) is 2. The Labute approximate surface area is 170 Å². The second kappa shape index (κ2) is 7.70. The number of nitrogens with two attached hydrogens (primary N) is 1. The van der Waals surface area contributed by atoms with E-state index in [1.807, 2.05) is 23.1 Å². The van der Waals surface area contributed by atoms with E-state index in [0.29, 0.717) is 23.9 Å². The largest absolute Gasteiger partial charge is 0.457 e. The van der Waals surface area contributed by atoms with Gasteiger partial charge in [-0.15, -0.1) is 0 Å². The summed E-state index contributed by atoms with van der Waals surface area (Å²) in [6.07, 6.45) is -3.59. The maximum Gasteiger partial charge on any atom is 0.416 e. The minimum absolute atomic E-state index is 0.206. The van der Waals surface area contributed by atoms with Gasteiger partial charge in [-0.3, -0.25) is 4.79 Å². The number of carbonyl (C=O) groups excluding carboxylic acids is 1. The monoisotopic (exact) mass is 413 g/mol. The van der Waals surface area contributed by atoms with Gasteiger partial charge in [-0.25, -0.2) is 4.98 Å². The van der Waals surface area contributed by atoms with Gasteiger partial charge in [0.25, 0.3) is 5.91 Å². The molecule has 1 amide bonds. The summed E-state index contributed by atoms with van der Waals surface area (Å²) in [4.78, 5) is 17.7. The first-order valence-corrected chi connectivity index (χ1v) is 9.28. The van der Waals surface area contributed by atoms with Gasteiger partial charge < -0.3 is 15.4 Å². The van der Waals surface area contributed by atoms with Crippen molar-refractivity contribution in [2.45, 2.75) is 19.1 Å². The third kappa shape index (κ3) is 4.22. The summed E-state index contributed by atoms with van der Waals surface area (Å²) in [5.41, 5.74) is 6.99. The van der Waals surface area contributed by atoms with Crippen LogP contribution in [-0.4, -0.2) is 17.4 Å². The number of rotatable bonds is 4. The molecule has 0 radical (unpaired) electrons. The van der Waals surface area contributed by atoms with Gasteiger partial charge in [0.05, 0.1) is 5.56 Å². The first-order valence-electron chi connectivity index (χ1n) is 9.28. The van der Waals surface area contributed by atoms with Crippen LogP contribution in [0.1, 0.15) is 27.2 Å². The third-order valence-electron chi connectivity index (χ3n) is 4.92. The molecule has 0 aliphatic carbocycles. The van der Waals surface area contributed by atoms with Crippen LogP contribution in [0.4, 0.5) is 19.0 Å². The number of hydrogen-bond acceptors (Lipinski definition) is 4. The standard InChI is InChI=1S/C22H18F3N3O2/c23-22(24,25)16-5-8-17(9-6-16)30-18-7-4-14-10-11-28(13-15(14)12-18)20-3-1-2-19(27-20)21(26)29/h1-9,12H,10-11,13H2,(H2,26,29). The average molecular weight is 413 g/mol. The Kier molecular flexibility index (Phi) is 5.07. The molecular formula is C22H18F3N3O2. The number of carbonyl (C=O) groups is 1. The molecule has 30 heavy (non-hydrogen) atoms. The van der Waals surface area contributed by atoms with E-state index in [9.17, 15) is 18.0 Å². The number of halogens is 3.